The van der Waals surface area contributed by atoms with Gasteiger partial charge in [0.1, 0.15) is 0 Å². The molecule has 0 fully saturated rings. The lowest BCUT2D eigenvalue weighted by molar-refractivity contribution is -0.119. The van der Waals surface area contributed by atoms with E-state index in [0.717, 1.165) is 11.1 Å². The summed E-state index contributed by atoms with van der Waals surface area (Å²) >= 11 is 0. The van der Waals surface area contributed by atoms with Crippen molar-refractivity contribution in [2.75, 3.05) is 17.2 Å². The first kappa shape index (κ1) is 17.6. The second-order valence-electron chi connectivity index (χ2n) is 5.86. The van der Waals surface area contributed by atoms with Crippen LogP contribution in [0.3, 0.4) is 0 Å². The molecule has 0 saturated carbocycles. The van der Waals surface area contributed by atoms with Gasteiger partial charge in [0, 0.05) is 18.3 Å². The van der Waals surface area contributed by atoms with Crippen LogP contribution in [0.25, 0.3) is 0 Å². The molecule has 0 saturated heterocycles. The molecule has 3 rings (SSSR count). The van der Waals surface area contributed by atoms with Crippen molar-refractivity contribution in [1.29, 1.82) is 0 Å². The molecule has 0 bridgehead atoms. The quantitative estimate of drug-likeness (QED) is 0.805. The Morgan fingerprint density at radius 1 is 1.00 bits per heavy atom. The molecule has 2 amide bonds. The molecule has 0 spiro atoms. The predicted octanol–water partition coefficient (Wildman–Crippen LogP) is 2.47. The van der Waals surface area contributed by atoms with E-state index < -0.39 is 18.5 Å². The molecule has 0 atom stereocenters. The number of rotatable bonds is 5. The standard InChI is InChI=1S/C19H18N2O5/c1-12(22)20-16-3-2-4-17(8-16)21-18(23)11-26-19(24)13-5-6-14-9-25-10-15(14)7-13/h2-8H,9-11H2,1H3,(H,20,22)(H,21,23). The van der Waals surface area contributed by atoms with Crippen molar-refractivity contribution in [2.24, 2.45) is 0 Å². The van der Waals surface area contributed by atoms with Gasteiger partial charge in [0.2, 0.25) is 5.91 Å². The van der Waals surface area contributed by atoms with Crippen molar-refractivity contribution in [3.63, 3.8) is 0 Å². The summed E-state index contributed by atoms with van der Waals surface area (Å²) in [5, 5.41) is 5.24. The molecule has 2 aromatic rings. The van der Waals surface area contributed by atoms with E-state index in [0.29, 0.717) is 30.2 Å². The number of benzene rings is 2. The zero-order chi connectivity index (χ0) is 18.5. The Hall–Kier alpha value is -3.19. The topological polar surface area (TPSA) is 93.7 Å². The van der Waals surface area contributed by atoms with Crippen LogP contribution in [0.15, 0.2) is 42.5 Å². The van der Waals surface area contributed by atoms with E-state index in [4.69, 9.17) is 9.47 Å². The maximum absolute atomic E-state index is 12.1. The summed E-state index contributed by atoms with van der Waals surface area (Å²) in [5.74, 6) is -1.24. The molecule has 0 radical (unpaired) electrons. The van der Waals surface area contributed by atoms with Crippen LogP contribution in [-0.4, -0.2) is 24.4 Å². The van der Waals surface area contributed by atoms with Gasteiger partial charge in [-0.05, 0) is 41.5 Å². The van der Waals surface area contributed by atoms with Crippen LogP contribution in [0.1, 0.15) is 28.4 Å². The van der Waals surface area contributed by atoms with Crippen molar-refractivity contribution in [3.05, 3.63) is 59.2 Å². The molecular formula is C19H18N2O5. The predicted molar refractivity (Wildman–Crippen MR) is 94.6 cm³/mol. The van der Waals surface area contributed by atoms with Gasteiger partial charge in [-0.3, -0.25) is 9.59 Å². The van der Waals surface area contributed by atoms with Crippen LogP contribution in [0.5, 0.6) is 0 Å². The van der Waals surface area contributed by atoms with Crippen LogP contribution in [0.2, 0.25) is 0 Å². The Kier molecular flexibility index (Phi) is 5.28. The van der Waals surface area contributed by atoms with Gasteiger partial charge in [-0.25, -0.2) is 4.79 Å². The van der Waals surface area contributed by atoms with Crippen molar-refractivity contribution in [2.45, 2.75) is 20.1 Å². The zero-order valence-corrected chi connectivity index (χ0v) is 14.2. The molecule has 1 heterocycles. The fourth-order valence-corrected chi connectivity index (χ4v) is 2.59. The minimum atomic E-state index is -0.568. The summed E-state index contributed by atoms with van der Waals surface area (Å²) in [6.45, 7) is 2.01. The Morgan fingerprint density at radius 3 is 2.50 bits per heavy atom. The number of esters is 1. The highest BCUT2D eigenvalue weighted by molar-refractivity contribution is 5.96. The van der Waals surface area contributed by atoms with Crippen LogP contribution >= 0.6 is 0 Å². The summed E-state index contributed by atoms with van der Waals surface area (Å²) in [7, 11) is 0. The molecule has 0 unspecified atom stereocenters. The van der Waals surface area contributed by atoms with Crippen molar-refractivity contribution < 1.29 is 23.9 Å². The van der Waals surface area contributed by atoms with E-state index in [1.165, 1.54) is 6.92 Å². The molecule has 7 heteroatoms. The summed E-state index contributed by atoms with van der Waals surface area (Å²) in [5.41, 5.74) is 3.45. The average molecular weight is 354 g/mol. The Balaban J connectivity index is 1.54. The van der Waals surface area contributed by atoms with Gasteiger partial charge in [0.15, 0.2) is 6.61 Å². The van der Waals surface area contributed by atoms with E-state index in [1.807, 2.05) is 6.07 Å². The highest BCUT2D eigenvalue weighted by atomic mass is 16.5. The lowest BCUT2D eigenvalue weighted by atomic mass is 10.1. The number of carbonyl (C=O) groups excluding carboxylic acids is 3. The normalized spacial score (nSPS) is 12.2. The largest absolute Gasteiger partial charge is 0.452 e. The van der Waals surface area contributed by atoms with Gasteiger partial charge >= 0.3 is 5.97 Å². The van der Waals surface area contributed by atoms with E-state index in [1.54, 1.807) is 36.4 Å². The molecule has 7 nitrogen and oxygen atoms in total. The molecule has 26 heavy (non-hydrogen) atoms. The SMILES string of the molecule is CC(=O)Nc1cccc(NC(=O)COC(=O)c2ccc3c(c2)COC3)c1. The Labute approximate surface area is 150 Å². The molecule has 2 aromatic carbocycles. The van der Waals surface area contributed by atoms with Gasteiger partial charge in [0.05, 0.1) is 18.8 Å². The minimum Gasteiger partial charge on any atom is -0.452 e. The molecule has 2 N–H and O–H groups in total. The first-order valence-electron chi connectivity index (χ1n) is 8.05. The van der Waals surface area contributed by atoms with Crippen molar-refractivity contribution >= 4 is 29.2 Å². The van der Waals surface area contributed by atoms with Gasteiger partial charge in [-0.1, -0.05) is 12.1 Å². The third-order valence-corrected chi connectivity index (χ3v) is 3.76. The second kappa shape index (κ2) is 7.79. The number of anilines is 2. The Morgan fingerprint density at radius 2 is 1.73 bits per heavy atom. The highest BCUT2D eigenvalue weighted by Gasteiger charge is 2.16. The van der Waals surface area contributed by atoms with Crippen LogP contribution in [0, 0.1) is 0 Å². The molecule has 0 aromatic heterocycles. The molecule has 1 aliphatic heterocycles. The van der Waals surface area contributed by atoms with Gasteiger partial charge in [-0.2, -0.15) is 0 Å². The number of nitrogens with one attached hydrogen (secondary N) is 2. The summed E-state index contributed by atoms with van der Waals surface area (Å²) in [4.78, 5) is 35.1. The maximum atomic E-state index is 12.1. The van der Waals surface area contributed by atoms with Crippen LogP contribution in [-0.2, 0) is 32.3 Å². The average Bonchev–Trinajstić information content (AvgIpc) is 3.07. The highest BCUT2D eigenvalue weighted by Crippen LogP contribution is 2.21. The number of fused-ring (bicyclic) bond motifs is 1. The number of hydrogen-bond acceptors (Lipinski definition) is 5. The third kappa shape index (κ3) is 4.46. The fraction of sp³-hybridized carbons (Fsp3) is 0.211. The first-order valence-corrected chi connectivity index (χ1v) is 8.05. The first-order chi connectivity index (χ1) is 12.5. The third-order valence-electron chi connectivity index (χ3n) is 3.76. The molecule has 1 aliphatic rings. The molecular weight excluding hydrogens is 336 g/mol. The lowest BCUT2D eigenvalue weighted by Gasteiger charge is -2.09. The van der Waals surface area contributed by atoms with Crippen molar-refractivity contribution in [3.8, 4) is 0 Å². The Bertz CT molecular complexity index is 863. The van der Waals surface area contributed by atoms with E-state index in [9.17, 15) is 14.4 Å². The van der Waals surface area contributed by atoms with E-state index in [2.05, 4.69) is 10.6 Å². The monoisotopic (exact) mass is 354 g/mol. The number of hydrogen-bond donors (Lipinski definition) is 2. The lowest BCUT2D eigenvalue weighted by Crippen LogP contribution is -2.21. The van der Waals surface area contributed by atoms with E-state index >= 15 is 0 Å². The maximum Gasteiger partial charge on any atom is 0.338 e. The number of carbonyl (C=O) groups is 3. The summed E-state index contributed by atoms with van der Waals surface area (Å²) in [6, 6.07) is 11.9. The smallest absolute Gasteiger partial charge is 0.338 e. The number of ether oxygens (including phenoxy) is 2. The summed E-state index contributed by atoms with van der Waals surface area (Å²) < 4.78 is 10.4. The molecule has 134 valence electrons. The second-order valence-corrected chi connectivity index (χ2v) is 5.86. The van der Waals surface area contributed by atoms with Gasteiger partial charge < -0.3 is 20.1 Å². The molecule has 0 aliphatic carbocycles. The van der Waals surface area contributed by atoms with Crippen molar-refractivity contribution in [1.82, 2.24) is 0 Å². The van der Waals surface area contributed by atoms with Crippen LogP contribution in [0.4, 0.5) is 11.4 Å². The van der Waals surface area contributed by atoms with Gasteiger partial charge in [0.25, 0.3) is 5.91 Å². The van der Waals surface area contributed by atoms with Gasteiger partial charge in [-0.15, -0.1) is 0 Å². The van der Waals surface area contributed by atoms with E-state index in [-0.39, 0.29) is 5.91 Å². The fourth-order valence-electron chi connectivity index (χ4n) is 2.59. The van der Waals surface area contributed by atoms with Crippen LogP contribution < -0.4 is 10.6 Å². The summed E-state index contributed by atoms with van der Waals surface area (Å²) in [6.07, 6.45) is 0. The minimum absolute atomic E-state index is 0.206. The number of amides is 2. The zero-order valence-electron chi connectivity index (χ0n) is 14.2.